The lowest BCUT2D eigenvalue weighted by Gasteiger charge is -2.18. The molecule has 1 aliphatic heterocycles. The van der Waals surface area contributed by atoms with Crippen molar-refractivity contribution in [2.45, 2.75) is 13.0 Å². The number of carboxylic acid groups (broad SMARTS) is 1. The molecule has 0 amide bonds. The minimum Gasteiger partial charge on any atom is -0.476 e. The lowest BCUT2D eigenvalue weighted by atomic mass is 10.0. The maximum atomic E-state index is 13.2. The van der Waals surface area contributed by atoms with Gasteiger partial charge in [0.05, 0.1) is 5.69 Å². The topological polar surface area (TPSA) is 75.1 Å². The molecule has 1 aromatic heterocycles. The Labute approximate surface area is 128 Å². The molecule has 0 fully saturated rings. The van der Waals surface area contributed by atoms with Gasteiger partial charge in [0, 0.05) is 35.1 Å². The Morgan fingerprint density at radius 2 is 2.19 bits per heavy atom. The van der Waals surface area contributed by atoms with E-state index in [0.29, 0.717) is 34.4 Å². The number of carbonyl (C=O) groups is 1. The van der Waals surface area contributed by atoms with Crippen LogP contribution in [-0.4, -0.2) is 27.6 Å². The SMILES string of the molecule is O=C(O)c1nc(-c2ccc(F)cc2Br)nc2c1CNCC2. The predicted molar refractivity (Wildman–Crippen MR) is 77.5 cm³/mol. The van der Waals surface area contributed by atoms with Crippen molar-refractivity contribution in [1.29, 1.82) is 0 Å². The molecular formula is C14H11BrFN3O2. The zero-order valence-electron chi connectivity index (χ0n) is 10.9. The average molecular weight is 352 g/mol. The highest BCUT2D eigenvalue weighted by Crippen LogP contribution is 2.28. The van der Waals surface area contributed by atoms with Crippen molar-refractivity contribution in [2.24, 2.45) is 0 Å². The third-order valence-electron chi connectivity index (χ3n) is 3.31. The lowest BCUT2D eigenvalue weighted by molar-refractivity contribution is 0.0688. The van der Waals surface area contributed by atoms with Gasteiger partial charge in [-0.3, -0.25) is 0 Å². The van der Waals surface area contributed by atoms with Crippen molar-refractivity contribution >= 4 is 21.9 Å². The fourth-order valence-corrected chi connectivity index (χ4v) is 2.84. The second kappa shape index (κ2) is 5.50. The monoisotopic (exact) mass is 351 g/mol. The molecule has 0 spiro atoms. The maximum Gasteiger partial charge on any atom is 0.354 e. The molecule has 1 aliphatic rings. The molecule has 0 radical (unpaired) electrons. The highest BCUT2D eigenvalue weighted by atomic mass is 79.9. The van der Waals surface area contributed by atoms with E-state index in [9.17, 15) is 14.3 Å². The third-order valence-corrected chi connectivity index (χ3v) is 3.96. The van der Waals surface area contributed by atoms with E-state index in [-0.39, 0.29) is 11.5 Å². The van der Waals surface area contributed by atoms with Gasteiger partial charge in [0.1, 0.15) is 5.82 Å². The molecule has 0 saturated carbocycles. The summed E-state index contributed by atoms with van der Waals surface area (Å²) in [5.74, 6) is -1.18. The largest absolute Gasteiger partial charge is 0.476 e. The molecule has 0 bridgehead atoms. The summed E-state index contributed by atoms with van der Waals surface area (Å²) < 4.78 is 13.7. The molecule has 7 heteroatoms. The number of halogens is 2. The second-order valence-corrected chi connectivity index (χ2v) is 5.53. The maximum absolute atomic E-state index is 13.2. The molecule has 2 N–H and O–H groups in total. The highest BCUT2D eigenvalue weighted by molar-refractivity contribution is 9.10. The van der Waals surface area contributed by atoms with Crippen LogP contribution >= 0.6 is 15.9 Å². The van der Waals surface area contributed by atoms with E-state index in [2.05, 4.69) is 31.2 Å². The Hall–Kier alpha value is -1.86. The molecule has 21 heavy (non-hydrogen) atoms. The fourth-order valence-electron chi connectivity index (χ4n) is 2.31. The Bertz CT molecular complexity index is 736. The van der Waals surface area contributed by atoms with E-state index in [4.69, 9.17) is 0 Å². The fraction of sp³-hybridized carbons (Fsp3) is 0.214. The summed E-state index contributed by atoms with van der Waals surface area (Å²) in [5, 5.41) is 12.4. The zero-order valence-corrected chi connectivity index (χ0v) is 12.4. The number of aromatic carboxylic acids is 1. The van der Waals surface area contributed by atoms with Crippen molar-refractivity contribution in [3.05, 3.63) is 45.4 Å². The standard InChI is InChI=1S/C14H11BrFN3O2/c15-10-5-7(16)1-2-8(10)13-18-11-3-4-17-6-9(11)12(19-13)14(20)21/h1-2,5,17H,3-4,6H2,(H,20,21). The Kier molecular flexibility index (Phi) is 3.69. The summed E-state index contributed by atoms with van der Waals surface area (Å²) in [5.41, 5.74) is 1.92. The van der Waals surface area contributed by atoms with Crippen LogP contribution in [0.3, 0.4) is 0 Å². The van der Waals surface area contributed by atoms with Crippen LogP contribution < -0.4 is 5.32 Å². The van der Waals surface area contributed by atoms with Gasteiger partial charge >= 0.3 is 5.97 Å². The quantitative estimate of drug-likeness (QED) is 0.868. The number of carboxylic acids is 1. The lowest BCUT2D eigenvalue weighted by Crippen LogP contribution is -2.28. The van der Waals surface area contributed by atoms with Gasteiger partial charge in [0.15, 0.2) is 11.5 Å². The van der Waals surface area contributed by atoms with E-state index >= 15 is 0 Å². The van der Waals surface area contributed by atoms with Gasteiger partial charge in [-0.1, -0.05) is 0 Å². The predicted octanol–water partition coefficient (Wildman–Crippen LogP) is 2.39. The average Bonchev–Trinajstić information content (AvgIpc) is 2.46. The highest BCUT2D eigenvalue weighted by Gasteiger charge is 2.22. The number of rotatable bonds is 2. The molecule has 5 nitrogen and oxygen atoms in total. The minimum atomic E-state index is -1.09. The van der Waals surface area contributed by atoms with Crippen LogP contribution in [0.25, 0.3) is 11.4 Å². The number of benzene rings is 1. The van der Waals surface area contributed by atoms with Gasteiger partial charge < -0.3 is 10.4 Å². The molecule has 3 rings (SSSR count). The van der Waals surface area contributed by atoms with Gasteiger partial charge in [-0.2, -0.15) is 0 Å². The first kappa shape index (κ1) is 14.1. The number of hydrogen-bond donors (Lipinski definition) is 2. The van der Waals surface area contributed by atoms with Gasteiger partial charge in [-0.25, -0.2) is 19.2 Å². The van der Waals surface area contributed by atoms with Crippen LogP contribution in [0, 0.1) is 5.82 Å². The van der Waals surface area contributed by atoms with E-state index in [1.165, 1.54) is 18.2 Å². The molecule has 1 aromatic carbocycles. The molecule has 0 unspecified atom stereocenters. The molecule has 2 heterocycles. The van der Waals surface area contributed by atoms with Crippen LogP contribution in [0.15, 0.2) is 22.7 Å². The summed E-state index contributed by atoms with van der Waals surface area (Å²) in [6, 6.07) is 4.14. The first-order chi connectivity index (χ1) is 10.1. The van der Waals surface area contributed by atoms with Gasteiger partial charge in [0.25, 0.3) is 0 Å². The number of fused-ring (bicyclic) bond motifs is 1. The second-order valence-electron chi connectivity index (χ2n) is 4.68. The van der Waals surface area contributed by atoms with Gasteiger partial charge in [0.2, 0.25) is 0 Å². The Balaban J connectivity index is 2.19. The van der Waals surface area contributed by atoms with Gasteiger partial charge in [-0.15, -0.1) is 0 Å². The van der Waals surface area contributed by atoms with E-state index in [1.54, 1.807) is 0 Å². The van der Waals surface area contributed by atoms with Crippen LogP contribution in [0.5, 0.6) is 0 Å². The van der Waals surface area contributed by atoms with E-state index < -0.39 is 5.97 Å². The van der Waals surface area contributed by atoms with Gasteiger partial charge in [-0.05, 0) is 34.1 Å². The molecule has 0 aliphatic carbocycles. The summed E-state index contributed by atoms with van der Waals surface area (Å²) in [6.07, 6.45) is 0.643. The minimum absolute atomic E-state index is 0.00146. The molecule has 0 saturated heterocycles. The summed E-state index contributed by atoms with van der Waals surface area (Å²) in [7, 11) is 0. The number of nitrogens with one attached hydrogen (secondary N) is 1. The van der Waals surface area contributed by atoms with Crippen molar-refractivity contribution in [1.82, 2.24) is 15.3 Å². The number of hydrogen-bond acceptors (Lipinski definition) is 4. The van der Waals surface area contributed by atoms with E-state index in [1.807, 2.05) is 0 Å². The first-order valence-electron chi connectivity index (χ1n) is 6.35. The number of aromatic nitrogens is 2. The Morgan fingerprint density at radius 1 is 1.38 bits per heavy atom. The summed E-state index contributed by atoms with van der Waals surface area (Å²) in [4.78, 5) is 20.0. The Morgan fingerprint density at radius 3 is 2.90 bits per heavy atom. The molecular weight excluding hydrogens is 341 g/mol. The third kappa shape index (κ3) is 2.66. The van der Waals surface area contributed by atoms with Crippen LogP contribution in [-0.2, 0) is 13.0 Å². The first-order valence-corrected chi connectivity index (χ1v) is 7.15. The van der Waals surface area contributed by atoms with E-state index in [0.717, 1.165) is 12.2 Å². The molecule has 2 aromatic rings. The van der Waals surface area contributed by atoms with Crippen molar-refractivity contribution in [3.8, 4) is 11.4 Å². The zero-order chi connectivity index (χ0) is 15.0. The van der Waals surface area contributed by atoms with Crippen molar-refractivity contribution in [3.63, 3.8) is 0 Å². The van der Waals surface area contributed by atoms with Crippen LogP contribution in [0.2, 0.25) is 0 Å². The molecule has 108 valence electrons. The normalized spacial score (nSPS) is 13.8. The summed E-state index contributed by atoms with van der Waals surface area (Å²) >= 11 is 3.26. The van der Waals surface area contributed by atoms with Crippen LogP contribution in [0.1, 0.15) is 21.7 Å². The van der Waals surface area contributed by atoms with Crippen molar-refractivity contribution < 1.29 is 14.3 Å². The smallest absolute Gasteiger partial charge is 0.354 e. The molecule has 0 atom stereocenters. The summed E-state index contributed by atoms with van der Waals surface area (Å²) in [6.45, 7) is 1.19. The van der Waals surface area contributed by atoms with Crippen LogP contribution in [0.4, 0.5) is 4.39 Å². The number of nitrogens with zero attached hydrogens (tertiary/aromatic N) is 2. The van der Waals surface area contributed by atoms with Crippen molar-refractivity contribution in [2.75, 3.05) is 6.54 Å².